The average Bonchev–Trinajstić information content (AvgIpc) is 3.00. The molecule has 1 N–H and O–H groups in total. The van der Waals surface area contributed by atoms with E-state index in [0.717, 1.165) is 0 Å². The molecule has 0 saturated heterocycles. The maximum Gasteiger partial charge on any atom is 0.0768 e. The number of quaternary nitrogens is 1. The highest BCUT2D eigenvalue weighted by Gasteiger charge is 2.02. The Morgan fingerprint density at radius 3 is 0.524 bits per heavy atom. The molecule has 254 valence electrons. The van der Waals surface area contributed by atoms with E-state index in [1.54, 1.807) is 4.90 Å². The minimum absolute atomic E-state index is 1.37. The summed E-state index contributed by atoms with van der Waals surface area (Å²) in [5, 5.41) is 0. The smallest absolute Gasteiger partial charge is 0.0768 e. The molecule has 0 aromatic carbocycles. The highest BCUT2D eigenvalue weighted by molar-refractivity contribution is 4.52. The molecule has 42 heavy (non-hydrogen) atoms. The third kappa shape index (κ3) is 38.0. The van der Waals surface area contributed by atoms with Crippen LogP contribution in [0.4, 0.5) is 0 Å². The summed E-state index contributed by atoms with van der Waals surface area (Å²) in [6.45, 7) is 7.42. The molecule has 0 saturated carbocycles. The lowest BCUT2D eigenvalue weighted by Crippen LogP contribution is -3.09. The summed E-state index contributed by atoms with van der Waals surface area (Å²) in [6, 6.07) is 0. The van der Waals surface area contributed by atoms with E-state index in [2.05, 4.69) is 20.9 Å². The van der Waals surface area contributed by atoms with Gasteiger partial charge in [-0.1, -0.05) is 219 Å². The van der Waals surface area contributed by atoms with Gasteiger partial charge in [0.2, 0.25) is 0 Å². The van der Waals surface area contributed by atoms with Gasteiger partial charge in [0.15, 0.2) is 0 Å². The van der Waals surface area contributed by atoms with Gasteiger partial charge in [-0.05, 0) is 25.7 Å². The number of rotatable bonds is 38. The van der Waals surface area contributed by atoms with Gasteiger partial charge in [-0.2, -0.15) is 0 Å². The molecule has 1 nitrogen and oxygen atoms in total. The first-order chi connectivity index (χ1) is 20.8. The van der Waals surface area contributed by atoms with Crippen molar-refractivity contribution in [3.8, 4) is 0 Å². The predicted octanol–water partition coefficient (Wildman–Crippen LogP) is 13.6. The molecule has 0 amide bonds. The maximum absolute atomic E-state index is 2.43. The largest absolute Gasteiger partial charge is 0.337 e. The lowest BCUT2D eigenvalue weighted by Gasteiger charge is -2.13. The van der Waals surface area contributed by atoms with Crippen molar-refractivity contribution in [2.24, 2.45) is 0 Å². The fourth-order valence-electron chi connectivity index (χ4n) is 6.78. The standard InChI is InChI=1S/C41H85N/c1-4-6-8-10-12-14-16-18-20-22-24-26-28-30-32-34-36-38-40-42(3)41-39-37-35-33-31-29-27-25-23-21-19-17-15-13-11-9-7-5-2/h4-41H2,1-3H3/p+1. The molecule has 0 radical (unpaired) electrons. The Bertz CT molecular complexity index is 406. The van der Waals surface area contributed by atoms with Crippen molar-refractivity contribution in [1.29, 1.82) is 0 Å². The van der Waals surface area contributed by atoms with Crippen LogP contribution >= 0.6 is 0 Å². The number of unbranched alkanes of at least 4 members (excludes halogenated alkanes) is 34. The van der Waals surface area contributed by atoms with E-state index in [1.165, 1.54) is 244 Å². The molecule has 0 heterocycles. The third-order valence-electron chi connectivity index (χ3n) is 9.91. The van der Waals surface area contributed by atoms with Crippen LogP contribution in [0.1, 0.15) is 245 Å². The van der Waals surface area contributed by atoms with Gasteiger partial charge in [0, 0.05) is 0 Å². The first-order valence-corrected chi connectivity index (χ1v) is 20.6. The summed E-state index contributed by atoms with van der Waals surface area (Å²) in [5.41, 5.74) is 0. The second-order valence-electron chi connectivity index (χ2n) is 14.5. The zero-order valence-corrected chi connectivity index (χ0v) is 30.4. The summed E-state index contributed by atoms with van der Waals surface area (Å²) in [4.78, 5) is 1.78. The lowest BCUT2D eigenvalue weighted by atomic mass is 10.0. The zero-order valence-electron chi connectivity index (χ0n) is 30.4. The quantitative estimate of drug-likeness (QED) is 0.0680. The summed E-state index contributed by atoms with van der Waals surface area (Å²) in [7, 11) is 2.43. The van der Waals surface area contributed by atoms with Crippen LogP contribution in [0.25, 0.3) is 0 Å². The van der Waals surface area contributed by atoms with E-state index >= 15 is 0 Å². The fourth-order valence-corrected chi connectivity index (χ4v) is 6.78. The number of hydrogen-bond donors (Lipinski definition) is 1. The molecule has 0 aromatic rings. The summed E-state index contributed by atoms with van der Waals surface area (Å²) in [6.07, 6.45) is 53.0. The van der Waals surface area contributed by atoms with E-state index in [-0.39, 0.29) is 0 Å². The normalized spacial score (nSPS) is 11.7. The Hall–Kier alpha value is -0.0400. The lowest BCUT2D eigenvalue weighted by molar-refractivity contribution is -0.880. The first kappa shape index (κ1) is 42.0. The van der Waals surface area contributed by atoms with Crippen LogP contribution in [-0.4, -0.2) is 20.1 Å². The molecule has 0 unspecified atom stereocenters. The Morgan fingerprint density at radius 2 is 0.357 bits per heavy atom. The Balaban J connectivity index is 3.13. The van der Waals surface area contributed by atoms with Crippen molar-refractivity contribution in [3.63, 3.8) is 0 Å². The van der Waals surface area contributed by atoms with E-state index in [9.17, 15) is 0 Å². The van der Waals surface area contributed by atoms with Gasteiger partial charge < -0.3 is 4.90 Å². The van der Waals surface area contributed by atoms with Crippen LogP contribution in [-0.2, 0) is 0 Å². The Labute approximate surface area is 269 Å². The number of hydrogen-bond acceptors (Lipinski definition) is 0. The van der Waals surface area contributed by atoms with Crippen molar-refractivity contribution in [2.45, 2.75) is 245 Å². The van der Waals surface area contributed by atoms with Gasteiger partial charge in [0.05, 0.1) is 20.1 Å². The highest BCUT2D eigenvalue weighted by Crippen LogP contribution is 2.15. The van der Waals surface area contributed by atoms with Gasteiger partial charge >= 0.3 is 0 Å². The zero-order chi connectivity index (χ0) is 30.4. The van der Waals surface area contributed by atoms with Crippen molar-refractivity contribution in [3.05, 3.63) is 0 Å². The van der Waals surface area contributed by atoms with Crippen molar-refractivity contribution in [2.75, 3.05) is 20.1 Å². The second kappa shape index (κ2) is 39.0. The minimum atomic E-state index is 1.37. The number of nitrogens with one attached hydrogen (secondary N) is 1. The molecule has 0 atom stereocenters. The van der Waals surface area contributed by atoms with Crippen molar-refractivity contribution < 1.29 is 4.90 Å². The van der Waals surface area contributed by atoms with Gasteiger partial charge in [0.1, 0.15) is 0 Å². The van der Waals surface area contributed by atoms with E-state index in [0.29, 0.717) is 0 Å². The average molecular weight is 593 g/mol. The summed E-state index contributed by atoms with van der Waals surface area (Å²) in [5.74, 6) is 0. The Morgan fingerprint density at radius 1 is 0.214 bits per heavy atom. The van der Waals surface area contributed by atoms with Crippen LogP contribution in [0.5, 0.6) is 0 Å². The van der Waals surface area contributed by atoms with Crippen molar-refractivity contribution >= 4 is 0 Å². The molecular weight excluding hydrogens is 506 g/mol. The molecule has 0 aliphatic rings. The maximum atomic E-state index is 2.43. The van der Waals surface area contributed by atoms with E-state index < -0.39 is 0 Å². The molecule has 0 bridgehead atoms. The highest BCUT2D eigenvalue weighted by atomic mass is 15.1. The summed E-state index contributed by atoms with van der Waals surface area (Å²) >= 11 is 0. The molecule has 0 aliphatic carbocycles. The van der Waals surface area contributed by atoms with Crippen LogP contribution in [0.3, 0.4) is 0 Å². The van der Waals surface area contributed by atoms with Crippen LogP contribution in [0.2, 0.25) is 0 Å². The molecular formula is C41H86N+. The molecule has 0 rings (SSSR count). The minimum Gasteiger partial charge on any atom is -0.337 e. The fraction of sp³-hybridized carbons (Fsp3) is 1.00. The predicted molar refractivity (Wildman–Crippen MR) is 194 cm³/mol. The SMILES string of the molecule is CCCCCCCCCCCCCCCCCCCC[NH+](C)CCCCCCCCCCCCCCCCCCCC. The topological polar surface area (TPSA) is 4.44 Å². The van der Waals surface area contributed by atoms with Gasteiger partial charge in [0.25, 0.3) is 0 Å². The molecule has 0 fully saturated rings. The van der Waals surface area contributed by atoms with Crippen LogP contribution < -0.4 is 4.90 Å². The van der Waals surface area contributed by atoms with Crippen molar-refractivity contribution in [1.82, 2.24) is 0 Å². The van der Waals surface area contributed by atoms with E-state index in [1.807, 2.05) is 0 Å². The van der Waals surface area contributed by atoms with E-state index in [4.69, 9.17) is 0 Å². The van der Waals surface area contributed by atoms with Crippen LogP contribution in [0, 0.1) is 0 Å². The third-order valence-corrected chi connectivity index (χ3v) is 9.91. The first-order valence-electron chi connectivity index (χ1n) is 20.6. The second-order valence-corrected chi connectivity index (χ2v) is 14.5. The monoisotopic (exact) mass is 593 g/mol. The Kier molecular flexibility index (Phi) is 38.9. The molecule has 1 heteroatoms. The van der Waals surface area contributed by atoms with Gasteiger partial charge in [-0.15, -0.1) is 0 Å². The summed E-state index contributed by atoms with van der Waals surface area (Å²) < 4.78 is 0. The van der Waals surface area contributed by atoms with Gasteiger partial charge in [-0.25, -0.2) is 0 Å². The molecule has 0 aromatic heterocycles. The molecule has 0 spiro atoms. The molecule has 0 aliphatic heterocycles. The van der Waals surface area contributed by atoms with Crippen LogP contribution in [0.15, 0.2) is 0 Å². The van der Waals surface area contributed by atoms with Gasteiger partial charge in [-0.3, -0.25) is 0 Å².